The smallest absolute Gasteiger partial charge is 0.226 e. The van der Waals surface area contributed by atoms with Crippen LogP contribution in [0, 0.1) is 6.92 Å². The highest BCUT2D eigenvalue weighted by Gasteiger charge is 2.10. The fraction of sp³-hybridized carbons (Fsp3) is 0.308. The summed E-state index contributed by atoms with van der Waals surface area (Å²) in [5.41, 5.74) is 1.76. The van der Waals surface area contributed by atoms with Crippen LogP contribution in [0.3, 0.4) is 0 Å². The molecule has 2 aromatic rings. The molecule has 1 heterocycles. The molecule has 0 radical (unpaired) electrons. The number of benzene rings is 1. The summed E-state index contributed by atoms with van der Waals surface area (Å²) in [5, 5.41) is 0. The van der Waals surface area contributed by atoms with Crippen LogP contribution in [-0.4, -0.2) is 11.6 Å². The van der Waals surface area contributed by atoms with Gasteiger partial charge in [0.25, 0.3) is 0 Å². The van der Waals surface area contributed by atoms with E-state index in [-0.39, 0.29) is 0 Å². The van der Waals surface area contributed by atoms with Crippen LogP contribution in [0.2, 0.25) is 0 Å². The van der Waals surface area contributed by atoms with Gasteiger partial charge >= 0.3 is 0 Å². The lowest BCUT2D eigenvalue weighted by molar-refractivity contribution is 0.340. The Morgan fingerprint density at radius 3 is 2.53 bits per heavy atom. The topological polar surface area (TPSA) is 35.3 Å². The summed E-state index contributed by atoms with van der Waals surface area (Å²) in [6, 6.07) is 7.65. The van der Waals surface area contributed by atoms with Gasteiger partial charge in [-0.1, -0.05) is 0 Å². The van der Waals surface area contributed by atoms with Gasteiger partial charge in [-0.15, -0.1) is 11.6 Å². The van der Waals surface area contributed by atoms with Crippen LogP contribution in [0.1, 0.15) is 18.4 Å². The molecule has 0 spiro atoms. The van der Waals surface area contributed by atoms with Crippen LogP contribution in [-0.2, 0) is 5.88 Å². The average molecular weight is 252 g/mol. The standard InChI is InChI=1S/C13H14ClNO2/c1-3-16-11-6-4-10(5-7-11)13-15-9(2)12(8-14)17-13/h4-7H,3,8H2,1-2H3. The summed E-state index contributed by atoms with van der Waals surface area (Å²) in [7, 11) is 0. The van der Waals surface area contributed by atoms with Crippen LogP contribution < -0.4 is 4.74 Å². The van der Waals surface area contributed by atoms with Gasteiger partial charge in [-0.2, -0.15) is 0 Å². The predicted molar refractivity (Wildman–Crippen MR) is 67.4 cm³/mol. The minimum absolute atomic E-state index is 0.343. The molecule has 17 heavy (non-hydrogen) atoms. The van der Waals surface area contributed by atoms with Crippen molar-refractivity contribution in [2.24, 2.45) is 0 Å². The molecule has 0 aliphatic carbocycles. The van der Waals surface area contributed by atoms with E-state index in [9.17, 15) is 0 Å². The molecule has 0 N–H and O–H groups in total. The molecule has 0 fully saturated rings. The largest absolute Gasteiger partial charge is 0.494 e. The second-order valence-corrected chi connectivity index (χ2v) is 3.89. The van der Waals surface area contributed by atoms with E-state index in [4.69, 9.17) is 20.8 Å². The van der Waals surface area contributed by atoms with Crippen molar-refractivity contribution in [2.45, 2.75) is 19.7 Å². The number of halogens is 1. The maximum absolute atomic E-state index is 5.75. The van der Waals surface area contributed by atoms with Crippen LogP contribution in [0.5, 0.6) is 5.75 Å². The highest BCUT2D eigenvalue weighted by atomic mass is 35.5. The van der Waals surface area contributed by atoms with Crippen molar-refractivity contribution < 1.29 is 9.15 Å². The van der Waals surface area contributed by atoms with Crippen molar-refractivity contribution >= 4 is 11.6 Å². The zero-order valence-corrected chi connectivity index (χ0v) is 10.6. The molecule has 4 heteroatoms. The first-order chi connectivity index (χ1) is 8.24. The lowest BCUT2D eigenvalue weighted by Gasteiger charge is -2.02. The number of hydrogen-bond donors (Lipinski definition) is 0. The zero-order valence-electron chi connectivity index (χ0n) is 9.87. The highest BCUT2D eigenvalue weighted by Crippen LogP contribution is 2.24. The van der Waals surface area contributed by atoms with Crippen LogP contribution in [0.4, 0.5) is 0 Å². The van der Waals surface area contributed by atoms with Crippen molar-refractivity contribution in [3.05, 3.63) is 35.7 Å². The van der Waals surface area contributed by atoms with E-state index < -0.39 is 0 Å². The third-order valence-corrected chi connectivity index (χ3v) is 2.67. The van der Waals surface area contributed by atoms with E-state index in [1.165, 1.54) is 0 Å². The van der Waals surface area contributed by atoms with Gasteiger partial charge in [0.1, 0.15) is 11.5 Å². The van der Waals surface area contributed by atoms with Gasteiger partial charge in [0.15, 0.2) is 0 Å². The second kappa shape index (κ2) is 5.23. The van der Waals surface area contributed by atoms with Crippen molar-refractivity contribution in [3.8, 4) is 17.2 Å². The number of ether oxygens (including phenoxy) is 1. The Bertz CT molecular complexity index is 491. The van der Waals surface area contributed by atoms with E-state index in [1.807, 2.05) is 38.1 Å². The summed E-state index contributed by atoms with van der Waals surface area (Å²) in [5.74, 6) is 2.50. The van der Waals surface area contributed by atoms with E-state index in [0.29, 0.717) is 18.4 Å². The number of aromatic nitrogens is 1. The summed E-state index contributed by atoms with van der Waals surface area (Å²) in [4.78, 5) is 4.34. The predicted octanol–water partition coefficient (Wildman–Crippen LogP) is 3.79. The Balaban J connectivity index is 2.26. The van der Waals surface area contributed by atoms with Gasteiger partial charge in [0.05, 0.1) is 18.2 Å². The molecule has 0 unspecified atom stereocenters. The van der Waals surface area contributed by atoms with Gasteiger partial charge < -0.3 is 9.15 Å². The molecular weight excluding hydrogens is 238 g/mol. The monoisotopic (exact) mass is 251 g/mol. The van der Waals surface area contributed by atoms with Crippen LogP contribution >= 0.6 is 11.6 Å². The maximum atomic E-state index is 5.75. The fourth-order valence-electron chi connectivity index (χ4n) is 1.54. The first-order valence-corrected chi connectivity index (χ1v) is 6.03. The molecule has 1 aromatic carbocycles. The van der Waals surface area contributed by atoms with Crippen molar-refractivity contribution in [3.63, 3.8) is 0 Å². The molecule has 0 aliphatic heterocycles. The Labute approximate surface area is 105 Å². The van der Waals surface area contributed by atoms with Gasteiger partial charge in [0.2, 0.25) is 5.89 Å². The number of rotatable bonds is 4. The second-order valence-electron chi connectivity index (χ2n) is 3.62. The van der Waals surface area contributed by atoms with Gasteiger partial charge in [-0.25, -0.2) is 4.98 Å². The van der Waals surface area contributed by atoms with E-state index in [0.717, 1.165) is 22.8 Å². The summed E-state index contributed by atoms with van der Waals surface area (Å²) >= 11 is 5.75. The third kappa shape index (κ3) is 2.61. The number of alkyl halides is 1. The Morgan fingerprint density at radius 1 is 1.29 bits per heavy atom. The van der Waals surface area contributed by atoms with Gasteiger partial charge in [0, 0.05) is 5.56 Å². The number of hydrogen-bond acceptors (Lipinski definition) is 3. The highest BCUT2D eigenvalue weighted by molar-refractivity contribution is 6.16. The molecule has 0 atom stereocenters. The molecule has 2 rings (SSSR count). The SMILES string of the molecule is CCOc1ccc(-c2nc(C)c(CCl)o2)cc1. The molecule has 0 saturated carbocycles. The minimum Gasteiger partial charge on any atom is -0.494 e. The van der Waals surface area contributed by atoms with Crippen LogP contribution in [0.25, 0.3) is 11.5 Å². The molecule has 0 bridgehead atoms. The Hall–Kier alpha value is -1.48. The quantitative estimate of drug-likeness (QED) is 0.776. The van der Waals surface area contributed by atoms with Crippen molar-refractivity contribution in [2.75, 3.05) is 6.61 Å². The van der Waals surface area contributed by atoms with Crippen molar-refractivity contribution in [1.29, 1.82) is 0 Å². The molecule has 0 aliphatic rings. The minimum atomic E-state index is 0.343. The third-order valence-electron chi connectivity index (χ3n) is 2.43. The van der Waals surface area contributed by atoms with E-state index in [2.05, 4.69) is 4.98 Å². The summed E-state index contributed by atoms with van der Waals surface area (Å²) in [6.45, 7) is 4.51. The lowest BCUT2D eigenvalue weighted by Crippen LogP contribution is -1.90. The van der Waals surface area contributed by atoms with E-state index >= 15 is 0 Å². The summed E-state index contributed by atoms with van der Waals surface area (Å²) < 4.78 is 10.9. The normalized spacial score (nSPS) is 10.5. The van der Waals surface area contributed by atoms with Gasteiger partial charge in [-0.05, 0) is 38.1 Å². The lowest BCUT2D eigenvalue weighted by atomic mass is 10.2. The molecule has 90 valence electrons. The fourth-order valence-corrected chi connectivity index (χ4v) is 1.78. The average Bonchev–Trinajstić information content (AvgIpc) is 2.72. The zero-order chi connectivity index (χ0) is 12.3. The van der Waals surface area contributed by atoms with Crippen LogP contribution in [0.15, 0.2) is 28.7 Å². The molecule has 0 saturated heterocycles. The number of nitrogens with zero attached hydrogens (tertiary/aromatic N) is 1. The summed E-state index contributed by atoms with van der Waals surface area (Å²) in [6.07, 6.45) is 0. The molecular formula is C13H14ClNO2. The maximum Gasteiger partial charge on any atom is 0.226 e. The number of aryl methyl sites for hydroxylation is 1. The molecule has 0 amide bonds. The van der Waals surface area contributed by atoms with Crippen molar-refractivity contribution in [1.82, 2.24) is 4.98 Å². The molecule has 1 aromatic heterocycles. The van der Waals surface area contributed by atoms with E-state index in [1.54, 1.807) is 0 Å². The molecule has 3 nitrogen and oxygen atoms in total. The first kappa shape index (κ1) is 12.0. The Morgan fingerprint density at radius 2 is 2.00 bits per heavy atom. The number of oxazole rings is 1. The first-order valence-electron chi connectivity index (χ1n) is 5.50. The van der Waals surface area contributed by atoms with Gasteiger partial charge in [-0.3, -0.25) is 0 Å². The Kier molecular flexibility index (Phi) is 3.69.